The topological polar surface area (TPSA) is 20.3 Å². The molecule has 1 saturated carbocycles. The van der Waals surface area contributed by atoms with Gasteiger partial charge < -0.3 is 4.90 Å². The van der Waals surface area contributed by atoms with Gasteiger partial charge in [-0.2, -0.15) is 0 Å². The monoisotopic (exact) mass is 251 g/mol. The highest BCUT2D eigenvalue weighted by atomic mass is 16.1. The summed E-state index contributed by atoms with van der Waals surface area (Å²) < 4.78 is 0. The number of carbonyl (C=O) groups excluding carboxylic acids is 1. The van der Waals surface area contributed by atoms with Crippen LogP contribution in [-0.4, -0.2) is 30.3 Å². The third kappa shape index (κ3) is 3.81. The summed E-state index contributed by atoms with van der Waals surface area (Å²) in [5.41, 5.74) is 0. The third-order valence-electron chi connectivity index (χ3n) is 4.88. The van der Waals surface area contributed by atoms with Crippen LogP contribution in [0.1, 0.15) is 58.8 Å². The summed E-state index contributed by atoms with van der Waals surface area (Å²) in [7, 11) is 0. The van der Waals surface area contributed by atoms with Crippen LogP contribution in [0, 0.1) is 17.8 Å². The Kier molecular flexibility index (Phi) is 5.23. The summed E-state index contributed by atoms with van der Waals surface area (Å²) in [6, 6.07) is 0. The standard InChI is InChI=1S/C16H29NO/c1-13-6-8-15(9-7-13)16(18)14(2)12-17-10-4-3-5-11-17/h13-15H,3-12H2,1-2H3. The Morgan fingerprint density at radius 2 is 1.72 bits per heavy atom. The molecule has 0 aromatic carbocycles. The van der Waals surface area contributed by atoms with E-state index in [9.17, 15) is 4.79 Å². The van der Waals surface area contributed by atoms with Gasteiger partial charge in [0.25, 0.3) is 0 Å². The number of piperidine rings is 1. The van der Waals surface area contributed by atoms with Gasteiger partial charge in [0.1, 0.15) is 5.78 Å². The van der Waals surface area contributed by atoms with Crippen LogP contribution < -0.4 is 0 Å². The Balaban J connectivity index is 1.77. The number of nitrogens with zero attached hydrogens (tertiary/aromatic N) is 1. The number of ketones is 1. The first-order valence-electron chi connectivity index (χ1n) is 7.93. The zero-order valence-electron chi connectivity index (χ0n) is 12.2. The highest BCUT2D eigenvalue weighted by molar-refractivity contribution is 5.83. The van der Waals surface area contributed by atoms with Crippen molar-refractivity contribution in [2.24, 2.45) is 17.8 Å². The second kappa shape index (κ2) is 6.70. The first kappa shape index (κ1) is 14.0. The van der Waals surface area contributed by atoms with Gasteiger partial charge in [-0.3, -0.25) is 4.79 Å². The van der Waals surface area contributed by atoms with Crippen molar-refractivity contribution in [3.63, 3.8) is 0 Å². The molecule has 1 heterocycles. The molecule has 1 unspecified atom stereocenters. The van der Waals surface area contributed by atoms with Gasteiger partial charge in [-0.25, -0.2) is 0 Å². The van der Waals surface area contributed by atoms with E-state index >= 15 is 0 Å². The van der Waals surface area contributed by atoms with E-state index in [1.165, 1.54) is 45.2 Å². The molecule has 1 aliphatic heterocycles. The summed E-state index contributed by atoms with van der Waals surface area (Å²) in [6.07, 6.45) is 8.82. The van der Waals surface area contributed by atoms with Gasteiger partial charge in [-0.05, 0) is 44.7 Å². The molecule has 104 valence electrons. The minimum Gasteiger partial charge on any atom is -0.303 e. The Bertz CT molecular complexity index is 262. The fourth-order valence-electron chi connectivity index (χ4n) is 3.57. The number of hydrogen-bond donors (Lipinski definition) is 0. The van der Waals surface area contributed by atoms with E-state index < -0.39 is 0 Å². The van der Waals surface area contributed by atoms with Crippen LogP contribution >= 0.6 is 0 Å². The molecule has 1 aliphatic carbocycles. The smallest absolute Gasteiger partial charge is 0.140 e. The molecule has 2 heteroatoms. The SMILES string of the molecule is CC1CCC(C(=O)C(C)CN2CCCCC2)CC1. The molecule has 1 atom stereocenters. The van der Waals surface area contributed by atoms with Crippen molar-refractivity contribution < 1.29 is 4.79 Å². The number of hydrogen-bond acceptors (Lipinski definition) is 2. The van der Waals surface area contributed by atoms with Crippen LogP contribution in [-0.2, 0) is 4.79 Å². The number of rotatable bonds is 4. The number of likely N-dealkylation sites (tertiary alicyclic amines) is 1. The minimum atomic E-state index is 0.251. The Morgan fingerprint density at radius 1 is 1.11 bits per heavy atom. The quantitative estimate of drug-likeness (QED) is 0.762. The van der Waals surface area contributed by atoms with Crippen molar-refractivity contribution in [3.05, 3.63) is 0 Å². The molecular weight excluding hydrogens is 222 g/mol. The zero-order valence-corrected chi connectivity index (χ0v) is 12.2. The average molecular weight is 251 g/mol. The lowest BCUT2D eigenvalue weighted by molar-refractivity contribution is -0.128. The van der Waals surface area contributed by atoms with Crippen molar-refractivity contribution in [1.29, 1.82) is 0 Å². The van der Waals surface area contributed by atoms with Crippen LogP contribution in [0.2, 0.25) is 0 Å². The molecule has 1 saturated heterocycles. The predicted molar refractivity (Wildman–Crippen MR) is 75.6 cm³/mol. The second-order valence-electron chi connectivity index (χ2n) is 6.62. The molecule has 0 aromatic rings. The van der Waals surface area contributed by atoms with Crippen LogP contribution in [0.4, 0.5) is 0 Å². The lowest BCUT2D eigenvalue weighted by atomic mass is 9.78. The zero-order chi connectivity index (χ0) is 13.0. The van der Waals surface area contributed by atoms with Crippen molar-refractivity contribution in [3.8, 4) is 0 Å². The summed E-state index contributed by atoms with van der Waals surface area (Å²) in [5.74, 6) is 2.02. The molecule has 18 heavy (non-hydrogen) atoms. The predicted octanol–water partition coefficient (Wildman–Crippen LogP) is 3.50. The highest BCUT2D eigenvalue weighted by Crippen LogP contribution is 2.30. The van der Waals surface area contributed by atoms with E-state index in [1.54, 1.807) is 0 Å². The van der Waals surface area contributed by atoms with E-state index in [0.717, 1.165) is 25.3 Å². The average Bonchev–Trinajstić information content (AvgIpc) is 2.40. The fourth-order valence-corrected chi connectivity index (χ4v) is 3.57. The molecule has 0 spiro atoms. The van der Waals surface area contributed by atoms with Gasteiger partial charge in [-0.15, -0.1) is 0 Å². The lowest BCUT2D eigenvalue weighted by Crippen LogP contribution is -2.38. The third-order valence-corrected chi connectivity index (χ3v) is 4.88. The molecular formula is C16H29NO. The summed E-state index contributed by atoms with van der Waals surface area (Å²) >= 11 is 0. The maximum atomic E-state index is 12.5. The van der Waals surface area contributed by atoms with Gasteiger partial charge in [0.2, 0.25) is 0 Å². The Labute approximate surface area is 112 Å². The van der Waals surface area contributed by atoms with E-state index in [4.69, 9.17) is 0 Å². The van der Waals surface area contributed by atoms with E-state index in [0.29, 0.717) is 11.7 Å². The van der Waals surface area contributed by atoms with Crippen molar-refractivity contribution in [2.75, 3.05) is 19.6 Å². The molecule has 2 aliphatic rings. The first-order chi connectivity index (χ1) is 8.66. The normalized spacial score (nSPS) is 32.1. The number of carbonyl (C=O) groups is 1. The van der Waals surface area contributed by atoms with Crippen LogP contribution in [0.5, 0.6) is 0 Å². The molecule has 0 aromatic heterocycles. The molecule has 0 N–H and O–H groups in total. The molecule has 0 amide bonds. The van der Waals surface area contributed by atoms with Gasteiger partial charge in [0.15, 0.2) is 0 Å². The lowest BCUT2D eigenvalue weighted by Gasteiger charge is -2.31. The number of Topliss-reactive ketones (excluding diaryl/α,β-unsaturated/α-hetero) is 1. The summed E-state index contributed by atoms with van der Waals surface area (Å²) in [6.45, 7) is 7.89. The van der Waals surface area contributed by atoms with Gasteiger partial charge in [0, 0.05) is 18.4 Å². The summed E-state index contributed by atoms with van der Waals surface area (Å²) in [5, 5.41) is 0. The molecule has 2 rings (SSSR count). The van der Waals surface area contributed by atoms with Crippen LogP contribution in [0.25, 0.3) is 0 Å². The molecule has 2 nitrogen and oxygen atoms in total. The Morgan fingerprint density at radius 3 is 2.33 bits per heavy atom. The maximum absolute atomic E-state index is 12.5. The van der Waals surface area contributed by atoms with Crippen LogP contribution in [0.3, 0.4) is 0 Å². The second-order valence-corrected chi connectivity index (χ2v) is 6.62. The van der Waals surface area contributed by atoms with Gasteiger partial charge >= 0.3 is 0 Å². The highest BCUT2D eigenvalue weighted by Gasteiger charge is 2.28. The fraction of sp³-hybridized carbons (Fsp3) is 0.938. The first-order valence-corrected chi connectivity index (χ1v) is 7.93. The Hall–Kier alpha value is -0.370. The minimum absolute atomic E-state index is 0.251. The maximum Gasteiger partial charge on any atom is 0.140 e. The molecule has 2 fully saturated rings. The van der Waals surface area contributed by atoms with E-state index in [1.807, 2.05) is 0 Å². The van der Waals surface area contributed by atoms with Crippen molar-refractivity contribution in [2.45, 2.75) is 58.8 Å². The summed E-state index contributed by atoms with van der Waals surface area (Å²) in [4.78, 5) is 14.9. The van der Waals surface area contributed by atoms with Crippen molar-refractivity contribution in [1.82, 2.24) is 4.90 Å². The van der Waals surface area contributed by atoms with Gasteiger partial charge in [0.05, 0.1) is 0 Å². The van der Waals surface area contributed by atoms with E-state index in [-0.39, 0.29) is 5.92 Å². The van der Waals surface area contributed by atoms with Crippen LogP contribution in [0.15, 0.2) is 0 Å². The van der Waals surface area contributed by atoms with Gasteiger partial charge in [-0.1, -0.05) is 33.1 Å². The van der Waals surface area contributed by atoms with Crippen molar-refractivity contribution >= 4 is 5.78 Å². The molecule has 0 radical (unpaired) electrons. The molecule has 0 bridgehead atoms. The largest absolute Gasteiger partial charge is 0.303 e. The van der Waals surface area contributed by atoms with E-state index in [2.05, 4.69) is 18.7 Å².